The number of aryl methyl sites for hydroxylation is 1. The highest BCUT2D eigenvalue weighted by Gasteiger charge is 2.31. The van der Waals surface area contributed by atoms with Crippen LogP contribution in [0.3, 0.4) is 0 Å². The van der Waals surface area contributed by atoms with Gasteiger partial charge in [-0.15, -0.1) is 0 Å². The van der Waals surface area contributed by atoms with E-state index in [9.17, 15) is 5.11 Å². The quantitative estimate of drug-likeness (QED) is 0.910. The molecule has 1 aromatic heterocycles. The van der Waals surface area contributed by atoms with E-state index in [1.807, 2.05) is 0 Å². The van der Waals surface area contributed by atoms with Crippen LogP contribution in [-0.2, 0) is 17.6 Å². The first-order chi connectivity index (χ1) is 11.3. The summed E-state index contributed by atoms with van der Waals surface area (Å²) in [5.41, 5.74) is 2.27. The third-order valence-electron chi connectivity index (χ3n) is 5.04. The Hall–Kier alpha value is -1.40. The molecule has 0 spiro atoms. The van der Waals surface area contributed by atoms with Crippen LogP contribution in [0.2, 0.25) is 0 Å². The van der Waals surface area contributed by atoms with Crippen LogP contribution >= 0.6 is 0 Å². The first-order valence-corrected chi connectivity index (χ1v) is 8.88. The number of rotatable bonds is 3. The molecule has 1 aromatic rings. The van der Waals surface area contributed by atoms with Gasteiger partial charge in [0.1, 0.15) is 6.10 Å². The highest BCUT2D eigenvalue weighted by atomic mass is 16.6. The van der Waals surface area contributed by atoms with Gasteiger partial charge in [0.25, 0.3) is 0 Å². The van der Waals surface area contributed by atoms with Gasteiger partial charge < -0.3 is 19.5 Å². The van der Waals surface area contributed by atoms with Gasteiger partial charge in [-0.3, -0.25) is 0 Å². The molecule has 2 aliphatic heterocycles. The van der Waals surface area contributed by atoms with E-state index >= 15 is 0 Å². The number of nitrogens with zero attached hydrogens (tertiary/aromatic N) is 3. The Bertz CT molecular complexity index is 560. The molecule has 2 atom stereocenters. The van der Waals surface area contributed by atoms with Crippen LogP contribution in [-0.4, -0.2) is 53.6 Å². The second-order valence-corrected chi connectivity index (χ2v) is 6.77. The van der Waals surface area contributed by atoms with Gasteiger partial charge in [-0.05, 0) is 44.9 Å². The van der Waals surface area contributed by atoms with Crippen LogP contribution in [0.1, 0.15) is 43.4 Å². The zero-order valence-corrected chi connectivity index (χ0v) is 13.5. The molecule has 0 aromatic carbocycles. The van der Waals surface area contributed by atoms with Crippen molar-refractivity contribution >= 4 is 5.95 Å². The Morgan fingerprint density at radius 2 is 1.83 bits per heavy atom. The molecule has 6 nitrogen and oxygen atoms in total. The summed E-state index contributed by atoms with van der Waals surface area (Å²) in [6.07, 6.45) is 7.10. The first-order valence-electron chi connectivity index (χ1n) is 8.88. The van der Waals surface area contributed by atoms with E-state index in [1.165, 1.54) is 25.7 Å². The third-order valence-corrected chi connectivity index (χ3v) is 5.04. The topological polar surface area (TPSA) is 67.7 Å². The Balaban J connectivity index is 1.64. The molecule has 2 saturated heterocycles. The van der Waals surface area contributed by atoms with Crippen molar-refractivity contribution in [3.8, 4) is 5.88 Å². The fraction of sp³-hybridized carbons (Fsp3) is 0.765. The molecule has 2 fully saturated rings. The summed E-state index contributed by atoms with van der Waals surface area (Å²) < 4.78 is 11.4. The maximum absolute atomic E-state index is 9.97. The van der Waals surface area contributed by atoms with Crippen LogP contribution in [0.25, 0.3) is 0 Å². The monoisotopic (exact) mass is 319 g/mol. The largest absolute Gasteiger partial charge is 0.469 e. The summed E-state index contributed by atoms with van der Waals surface area (Å²) in [5.74, 6) is 1.47. The lowest BCUT2D eigenvalue weighted by Crippen LogP contribution is -2.33. The fourth-order valence-corrected chi connectivity index (χ4v) is 3.66. The van der Waals surface area contributed by atoms with Crippen LogP contribution in [0.4, 0.5) is 5.95 Å². The highest BCUT2D eigenvalue weighted by molar-refractivity contribution is 5.42. The van der Waals surface area contributed by atoms with Gasteiger partial charge in [0.15, 0.2) is 6.10 Å². The van der Waals surface area contributed by atoms with Crippen LogP contribution in [0.5, 0.6) is 5.88 Å². The number of hydrogen-bond donors (Lipinski definition) is 1. The number of ether oxygens (including phenoxy) is 2. The van der Waals surface area contributed by atoms with Crippen molar-refractivity contribution in [1.29, 1.82) is 0 Å². The Morgan fingerprint density at radius 3 is 2.61 bits per heavy atom. The van der Waals surface area contributed by atoms with Gasteiger partial charge in [0.2, 0.25) is 11.8 Å². The second-order valence-electron chi connectivity index (χ2n) is 6.77. The van der Waals surface area contributed by atoms with Crippen molar-refractivity contribution in [3.05, 3.63) is 11.3 Å². The molecular formula is C17H25N3O3. The summed E-state index contributed by atoms with van der Waals surface area (Å²) in [6.45, 7) is 2.82. The van der Waals surface area contributed by atoms with Crippen LogP contribution in [0.15, 0.2) is 0 Å². The van der Waals surface area contributed by atoms with E-state index in [4.69, 9.17) is 19.4 Å². The Labute approximate surface area is 136 Å². The number of hydrogen-bond acceptors (Lipinski definition) is 6. The molecule has 1 N–H and O–H groups in total. The first kappa shape index (κ1) is 15.1. The molecule has 0 radical (unpaired) electrons. The average Bonchev–Trinajstić information content (AvgIpc) is 3.00. The molecule has 6 heteroatoms. The number of aliphatic hydroxyl groups is 1. The summed E-state index contributed by atoms with van der Waals surface area (Å²) in [5, 5.41) is 9.97. The molecular weight excluding hydrogens is 294 g/mol. The smallest absolute Gasteiger partial charge is 0.228 e. The SMILES string of the molecule is O[C@H]1COC[C@@H]1Oc1nc(N2CCCCC2)nc2c1CCCC2. The van der Waals surface area contributed by atoms with Crippen molar-refractivity contribution in [3.63, 3.8) is 0 Å². The van der Waals surface area contributed by atoms with Crippen molar-refractivity contribution in [2.24, 2.45) is 0 Å². The van der Waals surface area contributed by atoms with E-state index in [0.29, 0.717) is 19.1 Å². The third kappa shape index (κ3) is 3.15. The number of fused-ring (bicyclic) bond motifs is 1. The van der Waals surface area contributed by atoms with Crippen molar-refractivity contribution < 1.29 is 14.6 Å². The molecule has 126 valence electrons. The highest BCUT2D eigenvalue weighted by Crippen LogP contribution is 2.31. The molecule has 4 rings (SSSR count). The maximum atomic E-state index is 9.97. The Morgan fingerprint density at radius 1 is 1.00 bits per heavy atom. The normalized spacial score (nSPS) is 27.8. The maximum Gasteiger partial charge on any atom is 0.228 e. The van der Waals surface area contributed by atoms with Crippen molar-refractivity contribution in [2.45, 2.75) is 57.2 Å². The van der Waals surface area contributed by atoms with Crippen molar-refractivity contribution in [1.82, 2.24) is 9.97 Å². The minimum atomic E-state index is -0.567. The summed E-state index contributed by atoms with van der Waals surface area (Å²) in [6, 6.07) is 0. The van der Waals surface area contributed by atoms with E-state index in [-0.39, 0.29) is 6.10 Å². The zero-order valence-electron chi connectivity index (χ0n) is 13.5. The van der Waals surface area contributed by atoms with Crippen molar-refractivity contribution in [2.75, 3.05) is 31.2 Å². The molecule has 0 saturated carbocycles. The van der Waals surface area contributed by atoms with E-state index < -0.39 is 6.10 Å². The van der Waals surface area contributed by atoms with Crippen LogP contribution in [0, 0.1) is 0 Å². The number of anilines is 1. The van der Waals surface area contributed by atoms with Gasteiger partial charge in [-0.2, -0.15) is 4.98 Å². The lowest BCUT2D eigenvalue weighted by molar-refractivity contribution is 0.0694. The average molecular weight is 319 g/mol. The Kier molecular flexibility index (Phi) is 4.35. The van der Waals surface area contributed by atoms with Gasteiger partial charge in [0.05, 0.1) is 18.9 Å². The minimum absolute atomic E-state index is 0.315. The summed E-state index contributed by atoms with van der Waals surface area (Å²) in [4.78, 5) is 11.8. The lowest BCUT2D eigenvalue weighted by Gasteiger charge is -2.29. The van der Waals surface area contributed by atoms with E-state index in [1.54, 1.807) is 0 Å². The van der Waals surface area contributed by atoms with Gasteiger partial charge in [-0.25, -0.2) is 4.98 Å². The number of aliphatic hydroxyl groups excluding tert-OH is 1. The predicted molar refractivity (Wildman–Crippen MR) is 86.0 cm³/mol. The number of aromatic nitrogens is 2. The second kappa shape index (κ2) is 6.61. The van der Waals surface area contributed by atoms with Gasteiger partial charge in [0, 0.05) is 18.7 Å². The minimum Gasteiger partial charge on any atom is -0.469 e. The zero-order chi connectivity index (χ0) is 15.6. The van der Waals surface area contributed by atoms with Gasteiger partial charge >= 0.3 is 0 Å². The molecule has 23 heavy (non-hydrogen) atoms. The van der Waals surface area contributed by atoms with E-state index in [0.717, 1.165) is 49.6 Å². The molecule has 0 unspecified atom stereocenters. The molecule has 3 aliphatic rings. The predicted octanol–water partition coefficient (Wildman–Crippen LogP) is 1.48. The fourth-order valence-electron chi connectivity index (χ4n) is 3.66. The van der Waals surface area contributed by atoms with E-state index in [2.05, 4.69) is 4.90 Å². The van der Waals surface area contributed by atoms with Gasteiger partial charge in [-0.1, -0.05) is 0 Å². The summed E-state index contributed by atoms with van der Waals surface area (Å²) >= 11 is 0. The lowest BCUT2D eigenvalue weighted by atomic mass is 9.97. The molecule has 0 amide bonds. The molecule has 1 aliphatic carbocycles. The molecule has 0 bridgehead atoms. The summed E-state index contributed by atoms with van der Waals surface area (Å²) in [7, 11) is 0. The standard InChI is InChI=1S/C17H25N3O3/c21-14-10-22-11-15(14)23-16-12-6-2-3-7-13(12)18-17(19-16)20-8-4-1-5-9-20/h14-15,21H,1-11H2/t14-,15-/m0/s1. The molecule has 3 heterocycles. The number of piperidine rings is 1. The van der Waals surface area contributed by atoms with Crippen LogP contribution < -0.4 is 9.64 Å².